The summed E-state index contributed by atoms with van der Waals surface area (Å²) in [6.45, 7) is 2.32. The van der Waals surface area contributed by atoms with Gasteiger partial charge in [0.2, 0.25) is 0 Å². The van der Waals surface area contributed by atoms with Crippen LogP contribution in [0.4, 0.5) is 4.79 Å². The zero-order valence-corrected chi connectivity index (χ0v) is 12.3. The maximum atomic E-state index is 11.4. The van der Waals surface area contributed by atoms with Gasteiger partial charge in [-0.3, -0.25) is 0 Å². The van der Waals surface area contributed by atoms with Crippen LogP contribution in [0.3, 0.4) is 0 Å². The molecule has 2 N–H and O–H groups in total. The number of carbonyl (C=O) groups is 1. The van der Waals surface area contributed by atoms with E-state index in [1.807, 2.05) is 43.3 Å². The number of urea groups is 1. The van der Waals surface area contributed by atoms with Crippen LogP contribution in [0.1, 0.15) is 0 Å². The molecule has 0 radical (unpaired) electrons. The van der Waals surface area contributed by atoms with Crippen molar-refractivity contribution in [3.05, 3.63) is 24.3 Å². The first-order valence-electron chi connectivity index (χ1n) is 6.55. The van der Waals surface area contributed by atoms with Gasteiger partial charge >= 0.3 is 6.03 Å². The molecule has 0 spiro atoms. The largest absolute Gasteiger partial charge is 0.497 e. The Hall–Kier alpha value is -1.95. The Bertz CT molecular complexity index is 393. The van der Waals surface area contributed by atoms with Crippen molar-refractivity contribution >= 4 is 6.03 Å². The number of carbonyl (C=O) groups excluding carboxylic acids is 1. The van der Waals surface area contributed by atoms with Crippen LogP contribution in [0, 0.1) is 0 Å². The first-order chi connectivity index (χ1) is 9.61. The molecule has 0 unspecified atom stereocenters. The number of nitrogens with one attached hydrogen (secondary N) is 2. The molecule has 1 aromatic rings. The Morgan fingerprint density at radius 2 is 1.70 bits per heavy atom. The summed E-state index contributed by atoms with van der Waals surface area (Å²) < 4.78 is 10.5. The predicted molar refractivity (Wildman–Crippen MR) is 78.4 cm³/mol. The van der Waals surface area contributed by atoms with Gasteiger partial charge in [-0.2, -0.15) is 0 Å². The average molecular weight is 281 g/mol. The molecule has 112 valence electrons. The fourth-order valence-corrected chi connectivity index (χ4v) is 1.46. The van der Waals surface area contributed by atoms with Crippen molar-refractivity contribution in [1.82, 2.24) is 15.5 Å². The van der Waals surface area contributed by atoms with Gasteiger partial charge in [0, 0.05) is 13.1 Å². The normalized spacial score (nSPS) is 10.2. The van der Waals surface area contributed by atoms with E-state index < -0.39 is 0 Å². The topological polar surface area (TPSA) is 62.8 Å². The minimum atomic E-state index is -0.176. The maximum Gasteiger partial charge on any atom is 0.314 e. The van der Waals surface area contributed by atoms with E-state index in [-0.39, 0.29) is 6.03 Å². The molecule has 0 aromatic heterocycles. The number of amides is 2. The van der Waals surface area contributed by atoms with Crippen molar-refractivity contribution in [2.24, 2.45) is 0 Å². The number of ether oxygens (including phenoxy) is 2. The Labute approximate surface area is 120 Å². The van der Waals surface area contributed by atoms with Gasteiger partial charge < -0.3 is 25.0 Å². The van der Waals surface area contributed by atoms with Gasteiger partial charge in [-0.25, -0.2) is 4.79 Å². The number of rotatable bonds is 8. The summed E-state index contributed by atoms with van der Waals surface area (Å²) in [7, 11) is 5.54. The molecule has 0 aliphatic carbocycles. The van der Waals surface area contributed by atoms with E-state index in [0.717, 1.165) is 18.0 Å². The molecule has 20 heavy (non-hydrogen) atoms. The van der Waals surface area contributed by atoms with Crippen molar-refractivity contribution in [3.8, 4) is 11.5 Å². The monoisotopic (exact) mass is 281 g/mol. The highest BCUT2D eigenvalue weighted by Gasteiger charge is 2.00. The fourth-order valence-electron chi connectivity index (χ4n) is 1.46. The molecule has 1 rings (SSSR count). The zero-order chi connectivity index (χ0) is 14.8. The van der Waals surface area contributed by atoms with Crippen molar-refractivity contribution in [2.45, 2.75) is 0 Å². The molecule has 1 aromatic carbocycles. The van der Waals surface area contributed by atoms with Crippen molar-refractivity contribution < 1.29 is 14.3 Å². The van der Waals surface area contributed by atoms with Crippen LogP contribution in [0.5, 0.6) is 11.5 Å². The lowest BCUT2D eigenvalue weighted by Gasteiger charge is -2.11. The summed E-state index contributed by atoms with van der Waals surface area (Å²) in [5.41, 5.74) is 0. The van der Waals surface area contributed by atoms with Crippen LogP contribution in [-0.4, -0.2) is 58.4 Å². The van der Waals surface area contributed by atoms with Gasteiger partial charge in [-0.1, -0.05) is 0 Å². The average Bonchev–Trinajstić information content (AvgIpc) is 2.44. The van der Waals surface area contributed by atoms with E-state index in [9.17, 15) is 4.79 Å². The zero-order valence-electron chi connectivity index (χ0n) is 12.3. The lowest BCUT2D eigenvalue weighted by atomic mass is 10.3. The molecule has 0 aliphatic rings. The highest BCUT2D eigenvalue weighted by Crippen LogP contribution is 2.16. The molecule has 6 nitrogen and oxygen atoms in total. The second-order valence-electron chi connectivity index (χ2n) is 4.51. The molecule has 0 bridgehead atoms. The third kappa shape index (κ3) is 6.84. The fraction of sp³-hybridized carbons (Fsp3) is 0.500. The maximum absolute atomic E-state index is 11.4. The molecule has 0 aliphatic heterocycles. The SMILES string of the molecule is COc1ccc(OCCNC(=O)NCCN(C)C)cc1. The van der Waals surface area contributed by atoms with E-state index in [0.29, 0.717) is 19.7 Å². The third-order valence-corrected chi connectivity index (χ3v) is 2.56. The Morgan fingerprint density at radius 3 is 2.30 bits per heavy atom. The van der Waals surface area contributed by atoms with Crippen LogP contribution in [-0.2, 0) is 0 Å². The number of methoxy groups -OCH3 is 1. The summed E-state index contributed by atoms with van der Waals surface area (Å²) in [5.74, 6) is 1.54. The van der Waals surface area contributed by atoms with E-state index in [4.69, 9.17) is 9.47 Å². The van der Waals surface area contributed by atoms with Crippen molar-refractivity contribution in [1.29, 1.82) is 0 Å². The third-order valence-electron chi connectivity index (χ3n) is 2.56. The lowest BCUT2D eigenvalue weighted by Crippen LogP contribution is -2.40. The second kappa shape index (κ2) is 9.03. The van der Waals surface area contributed by atoms with E-state index in [1.165, 1.54) is 0 Å². The summed E-state index contributed by atoms with van der Waals surface area (Å²) in [5, 5.41) is 5.49. The van der Waals surface area contributed by atoms with Gasteiger partial charge in [0.25, 0.3) is 0 Å². The van der Waals surface area contributed by atoms with E-state index in [1.54, 1.807) is 7.11 Å². The van der Waals surface area contributed by atoms with Gasteiger partial charge in [0.15, 0.2) is 0 Å². The van der Waals surface area contributed by atoms with Crippen molar-refractivity contribution in [2.75, 3.05) is 47.4 Å². The molecular weight excluding hydrogens is 258 g/mol. The highest BCUT2D eigenvalue weighted by molar-refractivity contribution is 5.73. The number of hydrogen-bond acceptors (Lipinski definition) is 4. The quantitative estimate of drug-likeness (QED) is 0.696. The van der Waals surface area contributed by atoms with Crippen molar-refractivity contribution in [3.63, 3.8) is 0 Å². The molecule has 0 atom stereocenters. The molecule has 2 amide bonds. The van der Waals surface area contributed by atoms with Gasteiger partial charge in [-0.05, 0) is 38.4 Å². The molecule has 0 heterocycles. The molecule has 0 fully saturated rings. The Kier molecular flexibility index (Phi) is 7.27. The molecular formula is C14H23N3O3. The standard InChI is InChI=1S/C14H23N3O3/c1-17(2)10-8-15-14(18)16-9-11-20-13-6-4-12(19-3)5-7-13/h4-7H,8-11H2,1-3H3,(H2,15,16,18). The second-order valence-corrected chi connectivity index (χ2v) is 4.51. The van der Waals surface area contributed by atoms with Crippen LogP contribution < -0.4 is 20.1 Å². The van der Waals surface area contributed by atoms with Crippen LogP contribution in [0.2, 0.25) is 0 Å². The molecule has 0 saturated carbocycles. The number of nitrogens with zero attached hydrogens (tertiary/aromatic N) is 1. The predicted octanol–water partition coefficient (Wildman–Crippen LogP) is 0.935. The molecule has 0 saturated heterocycles. The highest BCUT2D eigenvalue weighted by atomic mass is 16.5. The van der Waals surface area contributed by atoms with Gasteiger partial charge in [0.05, 0.1) is 13.7 Å². The minimum absolute atomic E-state index is 0.176. The summed E-state index contributed by atoms with van der Waals surface area (Å²) in [6, 6.07) is 7.14. The summed E-state index contributed by atoms with van der Waals surface area (Å²) in [6.07, 6.45) is 0. The first-order valence-corrected chi connectivity index (χ1v) is 6.55. The van der Waals surface area contributed by atoms with Crippen LogP contribution in [0.25, 0.3) is 0 Å². The summed E-state index contributed by atoms with van der Waals surface area (Å²) in [4.78, 5) is 13.4. The number of benzene rings is 1. The van der Waals surface area contributed by atoms with E-state index in [2.05, 4.69) is 10.6 Å². The van der Waals surface area contributed by atoms with Gasteiger partial charge in [0.1, 0.15) is 18.1 Å². The molecule has 6 heteroatoms. The lowest BCUT2D eigenvalue weighted by molar-refractivity contribution is 0.235. The van der Waals surface area contributed by atoms with Crippen LogP contribution in [0.15, 0.2) is 24.3 Å². The Balaban J connectivity index is 2.10. The Morgan fingerprint density at radius 1 is 1.10 bits per heavy atom. The summed E-state index contributed by atoms with van der Waals surface area (Å²) >= 11 is 0. The van der Waals surface area contributed by atoms with E-state index >= 15 is 0 Å². The minimum Gasteiger partial charge on any atom is -0.497 e. The number of likely N-dealkylation sites (N-methyl/N-ethyl adjacent to an activating group) is 1. The smallest absolute Gasteiger partial charge is 0.314 e. The van der Waals surface area contributed by atoms with Crippen LogP contribution >= 0.6 is 0 Å². The number of hydrogen-bond donors (Lipinski definition) is 2. The first kappa shape index (κ1) is 16.1. The van der Waals surface area contributed by atoms with Gasteiger partial charge in [-0.15, -0.1) is 0 Å².